The van der Waals surface area contributed by atoms with Crippen LogP contribution in [0.1, 0.15) is 34.6 Å². The minimum absolute atomic E-state index is 0. The molecule has 0 heterocycles. The number of rotatable bonds is 2. The van der Waals surface area contributed by atoms with E-state index in [1.165, 1.54) is 0 Å². The summed E-state index contributed by atoms with van der Waals surface area (Å²) in [6.45, 7) is 9.47. The van der Waals surface area contributed by atoms with Gasteiger partial charge in [-0.3, -0.25) is 4.79 Å². The molecule has 0 aromatic heterocycles. The van der Waals surface area contributed by atoms with E-state index in [0.717, 1.165) is 6.92 Å². The predicted octanol–water partition coefficient (Wildman–Crippen LogP) is -0.728. The molecule has 3 nitrogen and oxygen atoms in total. The number of nitrogens with zero attached hydrogens (tertiary/aromatic N) is 1. The third kappa shape index (κ3) is 50.4. The SMILES string of the molecule is CC(=O)O.CC(C)[N-]C(C)C.[Li+]. The smallest absolute Gasteiger partial charge is 0.658 e. The molecular formula is C8H18LiNO2. The standard InChI is InChI=1S/C6H14N.C2H4O2.Li/c1-5(2)7-6(3)4;1-2(3)4;/h5-6H,1-4H3;1H3,(H,3,4);/q-1;;+1. The van der Waals surface area contributed by atoms with Gasteiger partial charge >= 0.3 is 18.9 Å². The molecule has 0 aromatic carbocycles. The van der Waals surface area contributed by atoms with Gasteiger partial charge in [0, 0.05) is 6.92 Å². The maximum Gasteiger partial charge on any atom is 1.00 e. The molecule has 12 heavy (non-hydrogen) atoms. The fourth-order valence-corrected chi connectivity index (χ4v) is 0.596. The Kier molecular flexibility index (Phi) is 16.5. The van der Waals surface area contributed by atoms with E-state index in [1.807, 2.05) is 0 Å². The Bertz CT molecular complexity index is 95.2. The van der Waals surface area contributed by atoms with Gasteiger partial charge in [0.25, 0.3) is 5.97 Å². The van der Waals surface area contributed by atoms with Gasteiger partial charge in [-0.1, -0.05) is 27.7 Å². The number of hydrogen-bond acceptors (Lipinski definition) is 1. The van der Waals surface area contributed by atoms with Gasteiger partial charge in [-0.25, -0.2) is 0 Å². The van der Waals surface area contributed by atoms with E-state index in [4.69, 9.17) is 9.90 Å². The Morgan fingerprint density at radius 2 is 1.33 bits per heavy atom. The molecule has 0 spiro atoms. The Morgan fingerprint density at radius 1 is 1.17 bits per heavy atom. The van der Waals surface area contributed by atoms with Crippen LogP contribution >= 0.6 is 0 Å². The van der Waals surface area contributed by atoms with Crippen LogP contribution in [0.2, 0.25) is 0 Å². The van der Waals surface area contributed by atoms with Crippen molar-refractivity contribution in [2.45, 2.75) is 46.7 Å². The summed E-state index contributed by atoms with van der Waals surface area (Å²) in [4.78, 5) is 9.00. The topological polar surface area (TPSA) is 51.4 Å². The molecule has 68 valence electrons. The number of aliphatic carboxylic acids is 1. The summed E-state index contributed by atoms with van der Waals surface area (Å²) in [6, 6.07) is 1.000. The molecule has 0 rings (SSSR count). The molecule has 0 aliphatic carbocycles. The van der Waals surface area contributed by atoms with Gasteiger partial charge < -0.3 is 10.4 Å². The Labute approximate surface area is 87.1 Å². The summed E-state index contributed by atoms with van der Waals surface area (Å²) in [5.41, 5.74) is 0. The van der Waals surface area contributed by atoms with Crippen LogP contribution in [0.4, 0.5) is 0 Å². The maximum atomic E-state index is 9.00. The molecule has 0 aromatic rings. The zero-order valence-corrected chi connectivity index (χ0v) is 8.96. The number of carboxylic acids is 1. The fraction of sp³-hybridized carbons (Fsp3) is 0.875. The minimum atomic E-state index is -0.833. The summed E-state index contributed by atoms with van der Waals surface area (Å²) < 4.78 is 0. The van der Waals surface area contributed by atoms with E-state index in [2.05, 4.69) is 33.0 Å². The summed E-state index contributed by atoms with van der Waals surface area (Å²) >= 11 is 0. The molecule has 0 saturated carbocycles. The second kappa shape index (κ2) is 11.0. The first kappa shape index (κ1) is 17.9. The van der Waals surface area contributed by atoms with Crippen molar-refractivity contribution in [2.75, 3.05) is 0 Å². The Balaban J connectivity index is -0.000000142. The molecule has 0 radical (unpaired) electrons. The van der Waals surface area contributed by atoms with Gasteiger partial charge in [0.1, 0.15) is 0 Å². The largest absolute Gasteiger partial charge is 1.00 e. The molecule has 0 bridgehead atoms. The van der Waals surface area contributed by atoms with E-state index in [-0.39, 0.29) is 18.9 Å². The first-order valence-electron chi connectivity index (χ1n) is 3.75. The fourth-order valence-electron chi connectivity index (χ4n) is 0.596. The molecular weight excluding hydrogens is 149 g/mol. The monoisotopic (exact) mass is 167 g/mol. The molecule has 0 saturated heterocycles. The van der Waals surface area contributed by atoms with Crippen molar-refractivity contribution in [1.82, 2.24) is 0 Å². The van der Waals surface area contributed by atoms with E-state index in [9.17, 15) is 0 Å². The van der Waals surface area contributed by atoms with Gasteiger partial charge in [-0.15, -0.1) is 12.1 Å². The third-order valence-electron chi connectivity index (χ3n) is 0.596. The van der Waals surface area contributed by atoms with Crippen LogP contribution < -0.4 is 18.9 Å². The number of hydrogen-bond donors (Lipinski definition) is 1. The maximum absolute atomic E-state index is 9.00. The van der Waals surface area contributed by atoms with E-state index in [0.29, 0.717) is 12.1 Å². The molecule has 0 unspecified atom stereocenters. The van der Waals surface area contributed by atoms with Gasteiger partial charge in [-0.2, -0.15) is 0 Å². The minimum Gasteiger partial charge on any atom is -0.658 e. The van der Waals surface area contributed by atoms with Crippen molar-refractivity contribution in [2.24, 2.45) is 0 Å². The first-order valence-corrected chi connectivity index (χ1v) is 3.75. The van der Waals surface area contributed by atoms with E-state index in [1.54, 1.807) is 0 Å². The second-order valence-electron chi connectivity index (χ2n) is 2.86. The summed E-state index contributed by atoms with van der Waals surface area (Å²) in [5.74, 6) is -0.833. The zero-order chi connectivity index (χ0) is 9.44. The normalized spacial score (nSPS) is 8.58. The average molecular weight is 167 g/mol. The summed E-state index contributed by atoms with van der Waals surface area (Å²) in [7, 11) is 0. The van der Waals surface area contributed by atoms with E-state index >= 15 is 0 Å². The quantitative estimate of drug-likeness (QED) is 0.551. The number of carboxylic acid groups (broad SMARTS) is 1. The van der Waals surface area contributed by atoms with E-state index < -0.39 is 5.97 Å². The third-order valence-corrected chi connectivity index (χ3v) is 0.596. The summed E-state index contributed by atoms with van der Waals surface area (Å²) in [5, 5.41) is 11.7. The van der Waals surface area contributed by atoms with Crippen molar-refractivity contribution in [1.29, 1.82) is 0 Å². The van der Waals surface area contributed by atoms with Crippen LogP contribution in [0.25, 0.3) is 5.32 Å². The molecule has 0 atom stereocenters. The predicted molar refractivity (Wildman–Crippen MR) is 46.9 cm³/mol. The molecule has 4 heteroatoms. The summed E-state index contributed by atoms with van der Waals surface area (Å²) in [6.07, 6.45) is 0. The molecule has 1 N–H and O–H groups in total. The first-order chi connectivity index (χ1) is 4.86. The molecule has 0 aliphatic rings. The van der Waals surface area contributed by atoms with Crippen molar-refractivity contribution in [3.05, 3.63) is 5.32 Å². The molecule has 0 aliphatic heterocycles. The van der Waals surface area contributed by atoms with Crippen LogP contribution in [0, 0.1) is 0 Å². The van der Waals surface area contributed by atoms with Crippen molar-refractivity contribution >= 4 is 5.97 Å². The van der Waals surface area contributed by atoms with Crippen molar-refractivity contribution < 1.29 is 28.8 Å². The van der Waals surface area contributed by atoms with Crippen molar-refractivity contribution in [3.63, 3.8) is 0 Å². The van der Waals surface area contributed by atoms with Gasteiger partial charge in [0.2, 0.25) is 0 Å². The van der Waals surface area contributed by atoms with Gasteiger partial charge in [-0.05, 0) is 0 Å². The van der Waals surface area contributed by atoms with Crippen molar-refractivity contribution in [3.8, 4) is 0 Å². The molecule has 0 amide bonds. The Morgan fingerprint density at radius 3 is 1.33 bits per heavy atom. The number of carbonyl (C=O) groups is 1. The van der Waals surface area contributed by atoms with Crippen LogP contribution in [0.15, 0.2) is 0 Å². The molecule has 0 fully saturated rings. The van der Waals surface area contributed by atoms with Crippen LogP contribution in [-0.4, -0.2) is 23.2 Å². The zero-order valence-electron chi connectivity index (χ0n) is 8.96. The van der Waals surface area contributed by atoms with Crippen LogP contribution in [-0.2, 0) is 4.79 Å². The average Bonchev–Trinajstić information content (AvgIpc) is 1.56. The van der Waals surface area contributed by atoms with Gasteiger partial charge in [0.15, 0.2) is 0 Å². The Hall–Kier alpha value is 0.0274. The van der Waals surface area contributed by atoms with Crippen LogP contribution in [0.5, 0.6) is 0 Å². The van der Waals surface area contributed by atoms with Gasteiger partial charge in [0.05, 0.1) is 0 Å². The second-order valence-corrected chi connectivity index (χ2v) is 2.86. The van der Waals surface area contributed by atoms with Crippen LogP contribution in [0.3, 0.4) is 0 Å².